The van der Waals surface area contributed by atoms with Crippen LogP contribution in [0, 0.1) is 5.92 Å². The molecule has 142 valence electrons. The molecule has 0 saturated carbocycles. The third-order valence-corrected chi connectivity index (χ3v) is 5.03. The van der Waals surface area contributed by atoms with Gasteiger partial charge in [-0.2, -0.15) is 0 Å². The van der Waals surface area contributed by atoms with Crippen LogP contribution in [0.2, 0.25) is 0 Å². The van der Waals surface area contributed by atoms with Crippen molar-refractivity contribution in [1.82, 2.24) is 20.3 Å². The third-order valence-electron chi connectivity index (χ3n) is 5.03. The molecule has 2 unspecified atom stereocenters. The van der Waals surface area contributed by atoms with E-state index in [0.717, 1.165) is 30.6 Å². The van der Waals surface area contributed by atoms with Crippen molar-refractivity contribution in [3.8, 4) is 0 Å². The van der Waals surface area contributed by atoms with Crippen molar-refractivity contribution in [3.05, 3.63) is 84.4 Å². The van der Waals surface area contributed by atoms with Gasteiger partial charge in [0.1, 0.15) is 0 Å². The Labute approximate surface area is 164 Å². The lowest BCUT2D eigenvalue weighted by molar-refractivity contribution is -0.125. The molecular formula is C22H23N5O. The average Bonchev–Trinajstić information content (AvgIpc) is 2.79. The van der Waals surface area contributed by atoms with Gasteiger partial charge in [0.15, 0.2) is 0 Å². The van der Waals surface area contributed by atoms with Gasteiger partial charge >= 0.3 is 0 Å². The van der Waals surface area contributed by atoms with E-state index in [1.54, 1.807) is 24.7 Å². The lowest BCUT2D eigenvalue weighted by Crippen LogP contribution is -2.44. The number of aromatic nitrogens is 3. The van der Waals surface area contributed by atoms with Crippen molar-refractivity contribution in [2.45, 2.75) is 18.9 Å². The number of nitrogens with zero attached hydrogens (tertiary/aromatic N) is 4. The fourth-order valence-electron chi connectivity index (χ4n) is 3.61. The summed E-state index contributed by atoms with van der Waals surface area (Å²) in [6, 6.07) is 17.3. The number of pyridine rings is 1. The van der Waals surface area contributed by atoms with Gasteiger partial charge in [-0.3, -0.25) is 9.78 Å². The molecule has 0 aliphatic carbocycles. The molecular weight excluding hydrogens is 350 g/mol. The number of anilines is 1. The van der Waals surface area contributed by atoms with E-state index < -0.39 is 0 Å². The first-order chi connectivity index (χ1) is 13.8. The molecule has 28 heavy (non-hydrogen) atoms. The number of benzene rings is 1. The van der Waals surface area contributed by atoms with E-state index in [1.807, 2.05) is 48.5 Å². The van der Waals surface area contributed by atoms with Crippen LogP contribution in [0.15, 0.2) is 73.2 Å². The van der Waals surface area contributed by atoms with Crippen LogP contribution in [0.5, 0.6) is 0 Å². The van der Waals surface area contributed by atoms with Crippen LogP contribution >= 0.6 is 0 Å². The number of hydrogen-bond donors (Lipinski definition) is 1. The topological polar surface area (TPSA) is 71.0 Å². The normalized spacial score (nSPS) is 17.7. The van der Waals surface area contributed by atoms with Gasteiger partial charge in [-0.1, -0.05) is 36.4 Å². The number of hydrogen-bond acceptors (Lipinski definition) is 5. The summed E-state index contributed by atoms with van der Waals surface area (Å²) < 4.78 is 0. The minimum Gasteiger partial charge on any atom is -0.343 e. The van der Waals surface area contributed by atoms with Gasteiger partial charge in [0.2, 0.25) is 11.9 Å². The summed E-state index contributed by atoms with van der Waals surface area (Å²) >= 11 is 0. The first-order valence-corrected chi connectivity index (χ1v) is 9.59. The molecule has 1 aliphatic heterocycles. The molecule has 4 rings (SSSR count). The van der Waals surface area contributed by atoms with Crippen molar-refractivity contribution in [2.24, 2.45) is 5.92 Å². The number of piperidine rings is 1. The molecule has 1 saturated heterocycles. The predicted octanol–water partition coefficient (Wildman–Crippen LogP) is 2.99. The van der Waals surface area contributed by atoms with Gasteiger partial charge in [-0.25, -0.2) is 9.97 Å². The molecule has 0 bridgehead atoms. The second-order valence-corrected chi connectivity index (χ2v) is 6.94. The second-order valence-electron chi connectivity index (χ2n) is 6.94. The molecule has 2 atom stereocenters. The van der Waals surface area contributed by atoms with E-state index in [1.165, 1.54) is 0 Å². The minimum absolute atomic E-state index is 0.0418. The monoisotopic (exact) mass is 373 g/mol. The number of carbonyl (C=O) groups is 1. The Morgan fingerprint density at radius 3 is 2.46 bits per heavy atom. The van der Waals surface area contributed by atoms with Crippen LogP contribution in [-0.2, 0) is 4.79 Å². The fraction of sp³-hybridized carbons (Fsp3) is 0.273. The summed E-state index contributed by atoms with van der Waals surface area (Å²) in [4.78, 5) is 28.3. The van der Waals surface area contributed by atoms with Crippen LogP contribution in [0.3, 0.4) is 0 Å². The average molecular weight is 373 g/mol. The predicted molar refractivity (Wildman–Crippen MR) is 108 cm³/mol. The van der Waals surface area contributed by atoms with Gasteiger partial charge < -0.3 is 10.2 Å². The quantitative estimate of drug-likeness (QED) is 0.744. The zero-order chi connectivity index (χ0) is 19.2. The summed E-state index contributed by atoms with van der Waals surface area (Å²) in [5.41, 5.74) is 1.86. The van der Waals surface area contributed by atoms with Crippen molar-refractivity contribution in [3.63, 3.8) is 0 Å². The van der Waals surface area contributed by atoms with Crippen LogP contribution in [-0.4, -0.2) is 33.9 Å². The maximum atomic E-state index is 13.1. The second kappa shape index (κ2) is 8.61. The molecule has 6 heteroatoms. The summed E-state index contributed by atoms with van der Waals surface area (Å²) in [5.74, 6) is 0.622. The number of amides is 1. The SMILES string of the molecule is O=C(NC(c1ccccc1)c1ccccn1)C1CCCN(c2ncccn2)C1. The number of carbonyl (C=O) groups excluding carboxylic acids is 1. The maximum Gasteiger partial charge on any atom is 0.225 e. The molecule has 0 radical (unpaired) electrons. The zero-order valence-electron chi connectivity index (χ0n) is 15.6. The largest absolute Gasteiger partial charge is 0.343 e. The van der Waals surface area contributed by atoms with Gasteiger partial charge in [-0.05, 0) is 36.6 Å². The Balaban J connectivity index is 1.51. The Morgan fingerprint density at radius 1 is 0.964 bits per heavy atom. The van der Waals surface area contributed by atoms with E-state index in [4.69, 9.17) is 0 Å². The zero-order valence-corrected chi connectivity index (χ0v) is 15.6. The summed E-state index contributed by atoms with van der Waals surface area (Å²) in [6.45, 7) is 1.50. The molecule has 3 heterocycles. The van der Waals surface area contributed by atoms with Gasteiger partial charge in [0.05, 0.1) is 17.7 Å². The van der Waals surface area contributed by atoms with Crippen molar-refractivity contribution in [1.29, 1.82) is 0 Å². The lowest BCUT2D eigenvalue weighted by Gasteiger charge is -2.32. The Bertz CT molecular complexity index is 849. The molecule has 1 aliphatic rings. The first kappa shape index (κ1) is 18.1. The highest BCUT2D eigenvalue weighted by Gasteiger charge is 2.29. The van der Waals surface area contributed by atoms with Gasteiger partial charge in [0, 0.05) is 31.7 Å². The molecule has 1 amide bonds. The highest BCUT2D eigenvalue weighted by atomic mass is 16.2. The Morgan fingerprint density at radius 2 is 1.71 bits per heavy atom. The smallest absolute Gasteiger partial charge is 0.225 e. The molecule has 1 N–H and O–H groups in total. The van der Waals surface area contributed by atoms with Crippen molar-refractivity contribution < 1.29 is 4.79 Å². The molecule has 1 fully saturated rings. The van der Waals surface area contributed by atoms with Crippen LogP contribution in [0.4, 0.5) is 5.95 Å². The Kier molecular flexibility index (Phi) is 5.56. The van der Waals surface area contributed by atoms with E-state index >= 15 is 0 Å². The minimum atomic E-state index is -0.266. The molecule has 0 spiro atoms. The standard InChI is InChI=1S/C22H23N5O/c28-21(18-10-6-15-27(16-18)22-24-13-7-14-25-22)26-20(17-8-2-1-3-9-17)19-11-4-5-12-23-19/h1-5,7-9,11-14,18,20H,6,10,15-16H2,(H,26,28). The Hall–Kier alpha value is -3.28. The summed E-state index contributed by atoms with van der Waals surface area (Å²) in [7, 11) is 0. The van der Waals surface area contributed by atoms with Crippen molar-refractivity contribution in [2.75, 3.05) is 18.0 Å². The molecule has 6 nitrogen and oxygen atoms in total. The van der Waals surface area contributed by atoms with Crippen LogP contribution in [0.1, 0.15) is 30.1 Å². The van der Waals surface area contributed by atoms with Crippen LogP contribution in [0.25, 0.3) is 0 Å². The fourth-order valence-corrected chi connectivity index (χ4v) is 3.61. The summed E-state index contributed by atoms with van der Waals surface area (Å²) in [5, 5.41) is 3.22. The highest BCUT2D eigenvalue weighted by molar-refractivity contribution is 5.80. The molecule has 3 aromatic rings. The third kappa shape index (κ3) is 4.17. The number of rotatable bonds is 5. The maximum absolute atomic E-state index is 13.1. The van der Waals surface area contributed by atoms with Gasteiger partial charge in [-0.15, -0.1) is 0 Å². The van der Waals surface area contributed by atoms with E-state index in [-0.39, 0.29) is 17.9 Å². The van der Waals surface area contributed by atoms with Gasteiger partial charge in [0.25, 0.3) is 0 Å². The van der Waals surface area contributed by atoms with E-state index in [9.17, 15) is 4.79 Å². The van der Waals surface area contributed by atoms with E-state index in [2.05, 4.69) is 25.2 Å². The highest BCUT2D eigenvalue weighted by Crippen LogP contribution is 2.24. The van der Waals surface area contributed by atoms with Crippen LogP contribution < -0.4 is 10.2 Å². The summed E-state index contributed by atoms with van der Waals surface area (Å²) in [6.07, 6.45) is 7.03. The van der Waals surface area contributed by atoms with Crippen molar-refractivity contribution >= 4 is 11.9 Å². The number of nitrogens with one attached hydrogen (secondary N) is 1. The first-order valence-electron chi connectivity index (χ1n) is 9.59. The lowest BCUT2D eigenvalue weighted by atomic mass is 9.95. The van der Waals surface area contributed by atoms with E-state index in [0.29, 0.717) is 12.5 Å². The molecule has 1 aromatic carbocycles. The molecule has 2 aromatic heterocycles.